The molecule has 2 unspecified atom stereocenters. The van der Waals surface area contributed by atoms with Crippen molar-refractivity contribution in [2.24, 2.45) is 5.73 Å². The Kier molecular flexibility index (Phi) is 11.6. The monoisotopic (exact) mass is 480 g/mol. The zero-order valence-electron chi connectivity index (χ0n) is 19.3. The lowest BCUT2D eigenvalue weighted by atomic mass is 9.93. The molecule has 0 saturated carbocycles. The molecule has 7 N–H and O–H groups in total. The van der Waals surface area contributed by atoms with Crippen LogP contribution in [-0.4, -0.2) is 45.0 Å². The second-order valence-electron chi connectivity index (χ2n) is 7.95. The van der Waals surface area contributed by atoms with Gasteiger partial charge < -0.3 is 31.5 Å². The Morgan fingerprint density at radius 2 is 1.14 bits per heavy atom. The fraction of sp³-hybridized carbons (Fsp3) is 0.259. The maximum absolute atomic E-state index is 10.2. The van der Waals surface area contributed by atoms with Crippen LogP contribution >= 0.6 is 0 Å². The van der Waals surface area contributed by atoms with Gasteiger partial charge in [-0.15, -0.1) is 0 Å². The molecular formula is C27H32N2O6. The molecule has 1 aliphatic heterocycles. The molecule has 8 heteroatoms. The molecule has 0 bridgehead atoms. The van der Waals surface area contributed by atoms with E-state index >= 15 is 0 Å². The number of benzene rings is 3. The molecule has 3 aromatic carbocycles. The Labute approximate surface area is 204 Å². The first-order chi connectivity index (χ1) is 16.8. The van der Waals surface area contributed by atoms with Gasteiger partial charge in [-0.25, -0.2) is 9.59 Å². The zero-order valence-corrected chi connectivity index (χ0v) is 19.3. The van der Waals surface area contributed by atoms with Gasteiger partial charge in [0.1, 0.15) is 0 Å². The van der Waals surface area contributed by atoms with Gasteiger partial charge in [0.15, 0.2) is 12.2 Å². The largest absolute Gasteiger partial charge is 0.479 e. The van der Waals surface area contributed by atoms with Crippen molar-refractivity contribution in [1.82, 2.24) is 5.32 Å². The van der Waals surface area contributed by atoms with Gasteiger partial charge in [0.25, 0.3) is 0 Å². The number of carboxylic acids is 2. The molecular weight excluding hydrogens is 448 g/mol. The molecule has 35 heavy (non-hydrogen) atoms. The van der Waals surface area contributed by atoms with Crippen molar-refractivity contribution in [3.8, 4) is 0 Å². The first kappa shape index (κ1) is 27.7. The Hall–Kier alpha value is -3.56. The minimum Gasteiger partial charge on any atom is -0.479 e. The van der Waals surface area contributed by atoms with Crippen LogP contribution in [0.15, 0.2) is 91.0 Å². The molecule has 0 amide bonds. The van der Waals surface area contributed by atoms with Gasteiger partial charge in [-0.3, -0.25) is 0 Å². The number of hydrogen-bond donors (Lipinski definition) is 6. The summed E-state index contributed by atoms with van der Waals surface area (Å²) in [7, 11) is 0. The molecule has 1 fully saturated rings. The van der Waals surface area contributed by atoms with E-state index in [2.05, 4.69) is 29.6 Å². The second kappa shape index (κ2) is 14.6. The van der Waals surface area contributed by atoms with Crippen molar-refractivity contribution in [3.05, 3.63) is 108 Å². The molecule has 186 valence electrons. The van der Waals surface area contributed by atoms with E-state index < -0.39 is 24.1 Å². The predicted molar refractivity (Wildman–Crippen MR) is 132 cm³/mol. The number of piperidine rings is 1. The Morgan fingerprint density at radius 1 is 0.743 bits per heavy atom. The summed E-state index contributed by atoms with van der Waals surface area (Å²) in [4.78, 5) is 20.5. The normalized spacial score (nSPS) is 18.5. The van der Waals surface area contributed by atoms with Crippen LogP contribution in [0.4, 0.5) is 0 Å². The fourth-order valence-corrected chi connectivity index (χ4v) is 3.49. The van der Waals surface area contributed by atoms with Crippen LogP contribution in [0.1, 0.15) is 47.8 Å². The Morgan fingerprint density at radius 3 is 1.51 bits per heavy atom. The number of aliphatic hydroxyl groups excluding tert-OH is 2. The Bertz CT molecular complexity index is 962. The smallest absolute Gasteiger partial charge is 0.337 e. The minimum absolute atomic E-state index is 0.274. The van der Waals surface area contributed by atoms with Crippen LogP contribution in [-0.2, 0) is 9.59 Å². The first-order valence-corrected chi connectivity index (χ1v) is 11.3. The molecule has 1 aliphatic rings. The van der Waals surface area contributed by atoms with E-state index in [0.29, 0.717) is 17.2 Å². The van der Waals surface area contributed by atoms with E-state index in [-0.39, 0.29) is 6.04 Å². The summed E-state index contributed by atoms with van der Waals surface area (Å²) >= 11 is 0. The number of nitrogens with two attached hydrogens (primary N) is 1. The topological polar surface area (TPSA) is 153 Å². The molecule has 1 heterocycles. The van der Waals surface area contributed by atoms with E-state index in [1.54, 1.807) is 60.7 Å². The van der Waals surface area contributed by atoms with Crippen molar-refractivity contribution < 1.29 is 30.0 Å². The van der Waals surface area contributed by atoms with Crippen molar-refractivity contribution in [2.75, 3.05) is 6.54 Å². The highest BCUT2D eigenvalue weighted by Crippen LogP contribution is 2.21. The number of rotatable bonds is 5. The van der Waals surface area contributed by atoms with Gasteiger partial charge in [0.2, 0.25) is 0 Å². The second-order valence-corrected chi connectivity index (χ2v) is 7.95. The quantitative estimate of drug-likeness (QED) is 0.326. The van der Waals surface area contributed by atoms with Crippen LogP contribution in [0.2, 0.25) is 0 Å². The lowest BCUT2D eigenvalue weighted by Crippen LogP contribution is -2.42. The van der Waals surface area contributed by atoms with Gasteiger partial charge in [0, 0.05) is 12.1 Å². The lowest BCUT2D eigenvalue weighted by molar-refractivity contribution is -0.147. The van der Waals surface area contributed by atoms with E-state index in [0.717, 1.165) is 13.0 Å². The van der Waals surface area contributed by atoms with E-state index in [4.69, 9.17) is 26.2 Å². The number of carboxylic acid groups (broad SMARTS) is 2. The fourth-order valence-electron chi connectivity index (χ4n) is 3.49. The van der Waals surface area contributed by atoms with Gasteiger partial charge in [-0.2, -0.15) is 0 Å². The molecule has 8 nitrogen and oxygen atoms in total. The van der Waals surface area contributed by atoms with Crippen LogP contribution in [0.25, 0.3) is 0 Å². The summed E-state index contributed by atoms with van der Waals surface area (Å²) in [5.74, 6) is -2.45. The number of carbonyl (C=O) groups is 2. The van der Waals surface area contributed by atoms with E-state index in [1.807, 2.05) is 6.07 Å². The van der Waals surface area contributed by atoms with Gasteiger partial charge in [-0.05, 0) is 36.1 Å². The highest BCUT2D eigenvalue weighted by molar-refractivity contribution is 5.74. The van der Waals surface area contributed by atoms with Crippen molar-refractivity contribution in [1.29, 1.82) is 0 Å². The summed E-state index contributed by atoms with van der Waals surface area (Å²) in [5.41, 5.74) is 8.17. The summed E-state index contributed by atoms with van der Waals surface area (Å²) in [6, 6.07) is 27.6. The number of nitrogens with one attached hydrogen (secondary N) is 1. The van der Waals surface area contributed by atoms with Gasteiger partial charge >= 0.3 is 11.9 Å². The van der Waals surface area contributed by atoms with Crippen LogP contribution in [0.3, 0.4) is 0 Å². The highest BCUT2D eigenvalue weighted by atomic mass is 16.4. The third-order valence-electron chi connectivity index (χ3n) is 5.36. The molecule has 4 rings (SSSR count). The third-order valence-corrected chi connectivity index (χ3v) is 5.36. The van der Waals surface area contributed by atoms with Crippen molar-refractivity contribution >= 4 is 11.9 Å². The molecule has 4 atom stereocenters. The third kappa shape index (κ3) is 9.30. The summed E-state index contributed by atoms with van der Waals surface area (Å²) in [5, 5.41) is 38.2. The maximum atomic E-state index is 10.2. The molecule has 0 aliphatic carbocycles. The van der Waals surface area contributed by atoms with Crippen LogP contribution in [0.5, 0.6) is 0 Å². The minimum atomic E-state index is -1.41. The molecule has 0 spiro atoms. The Balaban J connectivity index is 0.000000186. The highest BCUT2D eigenvalue weighted by Gasteiger charge is 2.22. The van der Waals surface area contributed by atoms with E-state index in [9.17, 15) is 9.59 Å². The average Bonchev–Trinajstić information content (AvgIpc) is 2.90. The van der Waals surface area contributed by atoms with E-state index in [1.165, 1.54) is 12.0 Å². The predicted octanol–water partition coefficient (Wildman–Crippen LogP) is 3.05. The maximum Gasteiger partial charge on any atom is 0.337 e. The SMILES string of the molecule is N[C@H]1CCCN[C@H]1c1ccccc1.O=C(O)C(O)c1ccccc1.O=C(O)C(O)c1ccccc1. The standard InChI is InChI=1S/C11H16N2.2C8H8O3/c12-10-7-4-8-13-11(10)9-5-2-1-3-6-9;2*9-7(8(10)11)6-4-2-1-3-5-6/h1-3,5-6,10-11,13H,4,7-8,12H2;2*1-5,7,9H,(H,10,11)/t10-,11-;;/m0../s1. The van der Waals surface area contributed by atoms with Gasteiger partial charge in [0.05, 0.1) is 0 Å². The molecule has 3 aromatic rings. The summed E-state index contributed by atoms with van der Waals surface area (Å²) < 4.78 is 0. The summed E-state index contributed by atoms with van der Waals surface area (Å²) in [6.07, 6.45) is -0.482. The first-order valence-electron chi connectivity index (χ1n) is 11.3. The lowest BCUT2D eigenvalue weighted by Gasteiger charge is -2.30. The zero-order chi connectivity index (χ0) is 25.6. The van der Waals surface area contributed by atoms with Crippen molar-refractivity contribution in [3.63, 3.8) is 0 Å². The van der Waals surface area contributed by atoms with Crippen LogP contribution in [0, 0.1) is 0 Å². The molecule has 1 saturated heterocycles. The van der Waals surface area contributed by atoms with Gasteiger partial charge in [-0.1, -0.05) is 91.0 Å². The average molecular weight is 481 g/mol. The van der Waals surface area contributed by atoms with Crippen molar-refractivity contribution in [2.45, 2.75) is 37.1 Å². The number of aliphatic carboxylic acids is 2. The number of aliphatic hydroxyl groups is 2. The molecule has 0 radical (unpaired) electrons. The number of hydrogen-bond acceptors (Lipinski definition) is 6. The molecule has 0 aromatic heterocycles. The van der Waals surface area contributed by atoms with Crippen LogP contribution < -0.4 is 11.1 Å². The summed E-state index contributed by atoms with van der Waals surface area (Å²) in [6.45, 7) is 1.09.